The third kappa shape index (κ3) is 9.33. The zero-order valence-corrected chi connectivity index (χ0v) is 32.6. The Labute approximate surface area is 325 Å². The molecule has 4 aromatic carbocycles. The summed E-state index contributed by atoms with van der Waals surface area (Å²) in [6, 6.07) is 51.8. The molecule has 5 nitrogen and oxygen atoms in total. The molecular formula is C43H34N5Pt2-3. The largest absolute Gasteiger partial charge is 4.00 e. The number of hydrogen-bond donors (Lipinski definition) is 0. The molecule has 0 spiro atoms. The van der Waals surface area contributed by atoms with Gasteiger partial charge in [0.2, 0.25) is 0 Å². The monoisotopic (exact) mass is 1010 g/mol. The van der Waals surface area contributed by atoms with E-state index in [4.69, 9.17) is 6.42 Å². The van der Waals surface area contributed by atoms with Crippen molar-refractivity contribution in [3.8, 4) is 28.4 Å². The van der Waals surface area contributed by atoms with Gasteiger partial charge in [-0.2, -0.15) is 48.8 Å². The minimum Gasteiger partial charge on any atom is -0.669 e. The van der Waals surface area contributed by atoms with Crippen LogP contribution in [-0.4, -0.2) is 21.5 Å². The fourth-order valence-electron chi connectivity index (χ4n) is 5.15. The molecular weight excluding hydrogens is 977 g/mol. The first-order valence-corrected chi connectivity index (χ1v) is 15.6. The van der Waals surface area contributed by atoms with Crippen molar-refractivity contribution in [2.24, 2.45) is 0 Å². The number of nitrogens with zero attached hydrogens (tertiary/aromatic N) is 5. The summed E-state index contributed by atoms with van der Waals surface area (Å²) in [7, 11) is 2.01. The summed E-state index contributed by atoms with van der Waals surface area (Å²) in [6.07, 6.45) is 15.9. The molecule has 50 heavy (non-hydrogen) atoms. The van der Waals surface area contributed by atoms with E-state index in [-0.39, 0.29) is 47.5 Å². The van der Waals surface area contributed by atoms with Crippen LogP contribution in [0.4, 0.5) is 22.7 Å². The SMILES string of the molecule is CN1C=CN(c2[c-]c(N(c3[c-]c(-c4[c-]c(-c5[c-]cccc5)ccn4)[c-]cc3)c3ccc(C(C)(C)C)cc3)ccc2)[CH-]1.[C-]#Cn1cccc1.[Pt+4].[Pt]. The number of pyridine rings is 1. The van der Waals surface area contributed by atoms with Crippen molar-refractivity contribution in [2.45, 2.75) is 26.2 Å². The van der Waals surface area contributed by atoms with Crippen LogP contribution in [0.5, 0.6) is 0 Å². The average molecular weight is 1010 g/mol. The summed E-state index contributed by atoms with van der Waals surface area (Å²) in [6.45, 7) is 8.71. The maximum Gasteiger partial charge on any atom is 4.00 e. The van der Waals surface area contributed by atoms with Crippen molar-refractivity contribution in [1.29, 1.82) is 0 Å². The molecule has 0 N–H and O–H groups in total. The van der Waals surface area contributed by atoms with Crippen molar-refractivity contribution in [2.75, 3.05) is 16.8 Å². The van der Waals surface area contributed by atoms with Gasteiger partial charge in [-0.25, -0.2) is 29.3 Å². The van der Waals surface area contributed by atoms with Crippen LogP contribution in [-0.2, 0) is 47.5 Å². The third-order valence-corrected chi connectivity index (χ3v) is 7.67. The zero-order chi connectivity index (χ0) is 33.5. The maximum absolute atomic E-state index is 6.57. The fourth-order valence-corrected chi connectivity index (χ4v) is 5.15. The van der Waals surface area contributed by atoms with Gasteiger partial charge in [0.25, 0.3) is 0 Å². The first kappa shape index (κ1) is 38.2. The fraction of sp³-hybridized carbons (Fsp3) is 0.116. The van der Waals surface area contributed by atoms with Crippen LogP contribution in [0, 0.1) is 49.5 Å². The Balaban J connectivity index is 0.000000559. The number of benzene rings is 4. The number of hydrogen-bond acceptors (Lipinski definition) is 4. The molecule has 0 amide bonds. The number of rotatable bonds is 6. The smallest absolute Gasteiger partial charge is 0.669 e. The van der Waals surface area contributed by atoms with Crippen molar-refractivity contribution in [3.05, 3.63) is 177 Å². The maximum atomic E-state index is 6.57. The summed E-state index contributed by atoms with van der Waals surface area (Å²) in [5.41, 5.74) is 8.39. The third-order valence-electron chi connectivity index (χ3n) is 7.67. The van der Waals surface area contributed by atoms with Gasteiger partial charge in [0.1, 0.15) is 0 Å². The zero-order valence-electron chi connectivity index (χ0n) is 28.1. The Morgan fingerprint density at radius 3 is 2.18 bits per heavy atom. The van der Waals surface area contributed by atoms with Gasteiger partial charge in [0.15, 0.2) is 0 Å². The molecule has 0 aliphatic carbocycles. The molecule has 0 radical (unpaired) electrons. The van der Waals surface area contributed by atoms with E-state index >= 15 is 0 Å². The van der Waals surface area contributed by atoms with Gasteiger partial charge < -0.3 is 48.4 Å². The number of aromatic nitrogens is 2. The minimum absolute atomic E-state index is 0. The van der Waals surface area contributed by atoms with Crippen LogP contribution < -0.4 is 9.80 Å². The topological polar surface area (TPSA) is 27.5 Å². The molecule has 0 saturated carbocycles. The van der Waals surface area contributed by atoms with E-state index in [9.17, 15) is 0 Å². The minimum atomic E-state index is 0. The average Bonchev–Trinajstić information content (AvgIpc) is 3.82. The van der Waals surface area contributed by atoms with Crippen LogP contribution in [0.15, 0.2) is 128 Å². The second kappa shape index (κ2) is 17.4. The molecule has 0 fully saturated rings. The van der Waals surface area contributed by atoms with E-state index in [0.29, 0.717) is 5.69 Å². The normalized spacial score (nSPS) is 11.8. The molecule has 6 aromatic rings. The first-order chi connectivity index (χ1) is 23.3. The Hall–Kier alpha value is -4.61. The Bertz CT molecular complexity index is 2030. The van der Waals surface area contributed by atoms with Gasteiger partial charge in [-0.3, -0.25) is 6.07 Å². The molecule has 0 unspecified atom stereocenters. The van der Waals surface area contributed by atoms with Crippen LogP contribution >= 0.6 is 0 Å². The van der Waals surface area contributed by atoms with E-state index in [1.165, 1.54) is 5.56 Å². The summed E-state index contributed by atoms with van der Waals surface area (Å²) >= 11 is 0. The van der Waals surface area contributed by atoms with Crippen molar-refractivity contribution < 1.29 is 42.1 Å². The van der Waals surface area contributed by atoms with Crippen molar-refractivity contribution in [1.82, 2.24) is 14.5 Å². The molecule has 254 valence electrons. The van der Waals surface area contributed by atoms with E-state index in [1.54, 1.807) is 23.2 Å². The molecule has 2 aromatic heterocycles. The van der Waals surface area contributed by atoms with E-state index in [0.717, 1.165) is 39.4 Å². The van der Waals surface area contributed by atoms with Gasteiger partial charge in [-0.15, -0.1) is 35.6 Å². The molecule has 1 aliphatic rings. The predicted octanol–water partition coefficient (Wildman–Crippen LogP) is 9.40. The van der Waals surface area contributed by atoms with Gasteiger partial charge >= 0.3 is 21.1 Å². The molecule has 7 heteroatoms. The van der Waals surface area contributed by atoms with Gasteiger partial charge in [0.05, 0.1) is 0 Å². The molecule has 1 aliphatic heterocycles. The molecule has 7 rings (SSSR count). The summed E-state index contributed by atoms with van der Waals surface area (Å²) in [5, 5.41) is 0. The van der Waals surface area contributed by atoms with Crippen molar-refractivity contribution >= 4 is 22.7 Å². The van der Waals surface area contributed by atoms with Gasteiger partial charge in [-0.1, -0.05) is 38.6 Å². The summed E-state index contributed by atoms with van der Waals surface area (Å²) in [4.78, 5) is 10.9. The van der Waals surface area contributed by atoms with E-state index < -0.39 is 0 Å². The van der Waals surface area contributed by atoms with Crippen LogP contribution in [0.3, 0.4) is 0 Å². The first-order valence-electron chi connectivity index (χ1n) is 15.6. The van der Waals surface area contributed by atoms with Crippen molar-refractivity contribution in [3.63, 3.8) is 0 Å². The molecule has 0 saturated heterocycles. The standard InChI is InChI=1S/C37H30N4.C6H4N.2Pt/c1-37(2,3)31-16-18-32(19-17-31)41(35-15-9-13-33(26-35)40-23-22-39(4)27-40)34-14-8-12-30(24-34)36-25-29(20-21-38-36)28-10-6-5-7-11-28;1-2-7-5-3-4-6-7;;/h5-10,13-23,27H,1-4H3;3-6H;;/q-6;-1;;+4. The molecule has 0 atom stereocenters. The van der Waals surface area contributed by atoms with E-state index in [1.807, 2.05) is 85.6 Å². The summed E-state index contributed by atoms with van der Waals surface area (Å²) in [5.74, 6) is 0. The predicted molar refractivity (Wildman–Crippen MR) is 193 cm³/mol. The second-order valence-electron chi connectivity index (χ2n) is 12.2. The molecule has 3 heterocycles. The van der Waals surface area contributed by atoms with Crippen LogP contribution in [0.1, 0.15) is 26.3 Å². The quantitative estimate of drug-likeness (QED) is 0.123. The summed E-state index contributed by atoms with van der Waals surface area (Å²) < 4.78 is 1.54. The Morgan fingerprint density at radius 1 is 0.780 bits per heavy atom. The van der Waals surface area contributed by atoms with Crippen LogP contribution in [0.2, 0.25) is 0 Å². The Morgan fingerprint density at radius 2 is 1.54 bits per heavy atom. The van der Waals surface area contributed by atoms with Gasteiger partial charge in [-0.05, 0) is 60.9 Å². The van der Waals surface area contributed by atoms with Crippen LogP contribution in [0.25, 0.3) is 22.4 Å². The Kier molecular flexibility index (Phi) is 13.3. The molecule has 0 bridgehead atoms. The van der Waals surface area contributed by atoms with E-state index in [2.05, 4.69) is 114 Å². The van der Waals surface area contributed by atoms with Gasteiger partial charge in [0, 0.05) is 39.1 Å². The second-order valence-corrected chi connectivity index (χ2v) is 12.2. The number of anilines is 4.